The number of rotatable bonds is 5. The number of hydrogen-bond donors (Lipinski definition) is 2. The van der Waals surface area contributed by atoms with Gasteiger partial charge in [-0.1, -0.05) is 6.92 Å². The molecule has 0 saturated carbocycles. The fourth-order valence-corrected chi connectivity index (χ4v) is 1.68. The van der Waals surface area contributed by atoms with E-state index in [-0.39, 0.29) is 18.3 Å². The largest absolute Gasteiger partial charge is 0.384 e. The van der Waals surface area contributed by atoms with Gasteiger partial charge in [-0.05, 0) is 24.3 Å². The van der Waals surface area contributed by atoms with Crippen molar-refractivity contribution in [3.63, 3.8) is 0 Å². The molecule has 0 fully saturated rings. The van der Waals surface area contributed by atoms with Gasteiger partial charge in [-0.2, -0.15) is 11.8 Å². The number of aromatic nitrogens is 1. The van der Waals surface area contributed by atoms with E-state index in [4.69, 9.17) is 5.73 Å². The minimum absolute atomic E-state index is 0. The third-order valence-corrected chi connectivity index (χ3v) is 2.81. The zero-order valence-electron chi connectivity index (χ0n) is 9.10. The Balaban J connectivity index is 0.00000225. The number of anilines is 2. The van der Waals surface area contributed by atoms with Gasteiger partial charge in [0.2, 0.25) is 5.91 Å². The molecule has 16 heavy (non-hydrogen) atoms. The van der Waals surface area contributed by atoms with Gasteiger partial charge >= 0.3 is 0 Å². The molecule has 6 heteroatoms. The molecule has 1 rings (SSSR count). The SMILES string of the molecule is CCCSCC(=O)Nc1ccc(N)nc1.Cl. The highest BCUT2D eigenvalue weighted by Crippen LogP contribution is 2.08. The van der Waals surface area contributed by atoms with Gasteiger partial charge in [-0.3, -0.25) is 4.79 Å². The molecule has 0 bridgehead atoms. The molecule has 0 aliphatic rings. The number of pyridine rings is 1. The second kappa shape index (κ2) is 8.24. The van der Waals surface area contributed by atoms with E-state index in [1.54, 1.807) is 30.1 Å². The Kier molecular flexibility index (Phi) is 7.76. The van der Waals surface area contributed by atoms with Crippen LogP contribution in [0.5, 0.6) is 0 Å². The first-order valence-corrected chi connectivity index (χ1v) is 5.97. The topological polar surface area (TPSA) is 68.0 Å². The smallest absolute Gasteiger partial charge is 0.234 e. The molecule has 0 atom stereocenters. The number of hydrogen-bond acceptors (Lipinski definition) is 4. The second-order valence-corrected chi connectivity index (χ2v) is 4.18. The first-order chi connectivity index (χ1) is 7.22. The van der Waals surface area contributed by atoms with E-state index in [1.165, 1.54) is 0 Å². The van der Waals surface area contributed by atoms with E-state index in [2.05, 4.69) is 17.2 Å². The molecule has 1 aromatic rings. The van der Waals surface area contributed by atoms with Crippen molar-refractivity contribution >= 4 is 41.6 Å². The highest BCUT2D eigenvalue weighted by atomic mass is 35.5. The molecule has 4 nitrogen and oxygen atoms in total. The van der Waals surface area contributed by atoms with Gasteiger partial charge in [0.1, 0.15) is 5.82 Å². The fraction of sp³-hybridized carbons (Fsp3) is 0.400. The lowest BCUT2D eigenvalue weighted by Crippen LogP contribution is -2.14. The van der Waals surface area contributed by atoms with E-state index >= 15 is 0 Å². The normalized spacial score (nSPS) is 9.31. The number of amides is 1. The van der Waals surface area contributed by atoms with Crippen LogP contribution in [0.15, 0.2) is 18.3 Å². The maximum absolute atomic E-state index is 11.4. The number of carbonyl (C=O) groups is 1. The zero-order valence-corrected chi connectivity index (χ0v) is 10.7. The van der Waals surface area contributed by atoms with Gasteiger partial charge in [0.25, 0.3) is 0 Å². The van der Waals surface area contributed by atoms with Gasteiger partial charge in [0.15, 0.2) is 0 Å². The van der Waals surface area contributed by atoms with Crippen LogP contribution in [0.4, 0.5) is 11.5 Å². The third kappa shape index (κ3) is 5.82. The van der Waals surface area contributed by atoms with E-state index in [0.29, 0.717) is 17.3 Å². The van der Waals surface area contributed by atoms with Crippen LogP contribution in [0.25, 0.3) is 0 Å². The molecule has 0 unspecified atom stereocenters. The number of thioether (sulfide) groups is 1. The Labute approximate surface area is 106 Å². The van der Waals surface area contributed by atoms with Crippen LogP contribution in [0.1, 0.15) is 13.3 Å². The summed E-state index contributed by atoms with van der Waals surface area (Å²) in [6, 6.07) is 3.40. The van der Waals surface area contributed by atoms with Crippen LogP contribution < -0.4 is 11.1 Å². The Hall–Kier alpha value is -0.940. The van der Waals surface area contributed by atoms with Crippen LogP contribution >= 0.6 is 24.2 Å². The van der Waals surface area contributed by atoms with Crippen LogP contribution in [0.3, 0.4) is 0 Å². The minimum Gasteiger partial charge on any atom is -0.384 e. The molecule has 0 aliphatic heterocycles. The predicted molar refractivity (Wildman–Crippen MR) is 72.1 cm³/mol. The molecule has 1 amide bonds. The molecule has 0 spiro atoms. The summed E-state index contributed by atoms with van der Waals surface area (Å²) >= 11 is 1.63. The summed E-state index contributed by atoms with van der Waals surface area (Å²) in [5.74, 6) is 1.94. The van der Waals surface area contributed by atoms with Crippen molar-refractivity contribution in [1.29, 1.82) is 0 Å². The van der Waals surface area contributed by atoms with Crippen molar-refractivity contribution in [3.8, 4) is 0 Å². The molecular formula is C10H16ClN3OS. The highest BCUT2D eigenvalue weighted by Gasteiger charge is 2.01. The molecule has 0 aromatic carbocycles. The number of nitrogens with one attached hydrogen (secondary N) is 1. The highest BCUT2D eigenvalue weighted by molar-refractivity contribution is 7.99. The Morgan fingerprint density at radius 2 is 2.31 bits per heavy atom. The maximum Gasteiger partial charge on any atom is 0.234 e. The van der Waals surface area contributed by atoms with E-state index in [1.807, 2.05) is 0 Å². The number of halogens is 1. The fourth-order valence-electron chi connectivity index (χ4n) is 0.986. The standard InChI is InChI=1S/C10H15N3OS.ClH/c1-2-5-15-7-10(14)13-8-3-4-9(11)12-6-8;/h3-4,6H,2,5,7H2,1H3,(H2,11,12)(H,13,14);1H. The lowest BCUT2D eigenvalue weighted by atomic mass is 10.4. The van der Waals surface area contributed by atoms with Crippen molar-refractivity contribution in [3.05, 3.63) is 18.3 Å². The van der Waals surface area contributed by atoms with E-state index in [0.717, 1.165) is 12.2 Å². The molecule has 1 aromatic heterocycles. The predicted octanol–water partition coefficient (Wildman–Crippen LogP) is 2.17. The molecule has 0 radical (unpaired) electrons. The molecule has 90 valence electrons. The van der Waals surface area contributed by atoms with Crippen molar-refractivity contribution in [2.75, 3.05) is 22.6 Å². The maximum atomic E-state index is 11.4. The first-order valence-electron chi connectivity index (χ1n) is 4.81. The lowest BCUT2D eigenvalue weighted by Gasteiger charge is -2.04. The number of nitrogen functional groups attached to an aromatic ring is 1. The quantitative estimate of drug-likeness (QED) is 0.797. The summed E-state index contributed by atoms with van der Waals surface area (Å²) in [6.07, 6.45) is 2.64. The second-order valence-electron chi connectivity index (χ2n) is 3.07. The Bertz CT molecular complexity index is 318. The summed E-state index contributed by atoms with van der Waals surface area (Å²) in [7, 11) is 0. The van der Waals surface area contributed by atoms with Crippen LogP contribution in [0, 0.1) is 0 Å². The van der Waals surface area contributed by atoms with Crippen molar-refractivity contribution in [2.24, 2.45) is 0 Å². The summed E-state index contributed by atoms with van der Waals surface area (Å²) in [6.45, 7) is 2.09. The molecule has 0 saturated heterocycles. The molecule has 0 aliphatic carbocycles. The number of carbonyl (C=O) groups excluding carboxylic acids is 1. The van der Waals surface area contributed by atoms with Crippen molar-refractivity contribution < 1.29 is 4.79 Å². The average Bonchev–Trinajstić information content (AvgIpc) is 2.22. The average molecular weight is 262 g/mol. The third-order valence-electron chi connectivity index (χ3n) is 1.65. The van der Waals surface area contributed by atoms with Crippen LogP contribution in [-0.2, 0) is 4.79 Å². The first kappa shape index (κ1) is 15.1. The van der Waals surface area contributed by atoms with E-state index in [9.17, 15) is 4.79 Å². The number of nitrogens with two attached hydrogens (primary N) is 1. The van der Waals surface area contributed by atoms with Gasteiger partial charge in [0, 0.05) is 0 Å². The van der Waals surface area contributed by atoms with Gasteiger partial charge < -0.3 is 11.1 Å². The van der Waals surface area contributed by atoms with Gasteiger partial charge in [-0.15, -0.1) is 12.4 Å². The molecular weight excluding hydrogens is 246 g/mol. The minimum atomic E-state index is 0. The molecule has 3 N–H and O–H groups in total. The Morgan fingerprint density at radius 3 is 2.88 bits per heavy atom. The summed E-state index contributed by atoms with van der Waals surface area (Å²) in [5, 5.41) is 2.75. The van der Waals surface area contributed by atoms with Gasteiger partial charge in [0.05, 0.1) is 17.6 Å². The van der Waals surface area contributed by atoms with Crippen LogP contribution in [-0.4, -0.2) is 22.4 Å². The van der Waals surface area contributed by atoms with Crippen molar-refractivity contribution in [1.82, 2.24) is 4.98 Å². The summed E-state index contributed by atoms with van der Waals surface area (Å²) in [4.78, 5) is 15.3. The van der Waals surface area contributed by atoms with Crippen LogP contribution in [0.2, 0.25) is 0 Å². The monoisotopic (exact) mass is 261 g/mol. The molecule has 1 heterocycles. The van der Waals surface area contributed by atoms with E-state index < -0.39 is 0 Å². The van der Waals surface area contributed by atoms with Crippen molar-refractivity contribution in [2.45, 2.75) is 13.3 Å². The zero-order chi connectivity index (χ0) is 11.1. The lowest BCUT2D eigenvalue weighted by molar-refractivity contribution is -0.113. The summed E-state index contributed by atoms with van der Waals surface area (Å²) < 4.78 is 0. The van der Waals surface area contributed by atoms with Gasteiger partial charge in [-0.25, -0.2) is 4.98 Å². The Morgan fingerprint density at radius 1 is 1.56 bits per heavy atom. The number of nitrogens with zero attached hydrogens (tertiary/aromatic N) is 1. The summed E-state index contributed by atoms with van der Waals surface area (Å²) in [5.41, 5.74) is 6.11.